The van der Waals surface area contributed by atoms with Gasteiger partial charge < -0.3 is 5.73 Å². The maximum absolute atomic E-state index is 5.53. The monoisotopic (exact) mass is 183 g/mol. The van der Waals surface area contributed by atoms with Crippen LogP contribution in [0.4, 0.5) is 5.82 Å². The first kappa shape index (κ1) is 7.98. The number of anilines is 1. The fourth-order valence-electron chi connectivity index (χ4n) is 1.50. The zero-order chi connectivity index (χ0) is 8.39. The normalized spacial score (nSPS) is 24.2. The summed E-state index contributed by atoms with van der Waals surface area (Å²) < 4.78 is 0. The van der Waals surface area contributed by atoms with Crippen molar-refractivity contribution in [3.05, 3.63) is 11.8 Å². The molecule has 0 radical (unpaired) electrons. The Hall–Kier alpha value is -0.640. The van der Waals surface area contributed by atoms with Crippen LogP contribution in [0.1, 0.15) is 30.2 Å². The average Bonchev–Trinajstić information content (AvgIpc) is 2.54. The number of rotatable bonds is 1. The molecule has 1 atom stereocenters. The third kappa shape index (κ3) is 1.58. The number of nitrogens with zero attached hydrogens (tertiary/aromatic N) is 1. The molecule has 1 aliphatic rings. The van der Waals surface area contributed by atoms with Crippen molar-refractivity contribution in [3.8, 4) is 0 Å². The van der Waals surface area contributed by atoms with Gasteiger partial charge in [0.1, 0.15) is 5.82 Å². The maximum Gasteiger partial charge on any atom is 0.145 e. The number of aromatic nitrogens is 2. The summed E-state index contributed by atoms with van der Waals surface area (Å²) in [6.07, 6.45) is 3.94. The molecule has 0 amide bonds. The molecular formula is C8H13N3S. The van der Waals surface area contributed by atoms with Crippen molar-refractivity contribution in [3.63, 3.8) is 0 Å². The molecule has 1 unspecified atom stereocenters. The highest BCUT2D eigenvalue weighted by atomic mass is 32.2. The lowest BCUT2D eigenvalue weighted by Gasteiger charge is -2.19. The largest absolute Gasteiger partial charge is 0.382 e. The molecule has 0 aromatic carbocycles. The van der Waals surface area contributed by atoms with Crippen molar-refractivity contribution in [1.82, 2.24) is 10.2 Å². The SMILES string of the molecule is Nc1cc(C2CCCCS2)[nH]n1. The van der Waals surface area contributed by atoms with Crippen LogP contribution in [0.15, 0.2) is 6.07 Å². The lowest BCUT2D eigenvalue weighted by Crippen LogP contribution is -2.02. The predicted octanol–water partition coefficient (Wildman–Crippen LogP) is 1.95. The summed E-state index contributed by atoms with van der Waals surface area (Å²) in [5.41, 5.74) is 6.73. The molecule has 1 aliphatic heterocycles. The molecule has 0 saturated carbocycles. The van der Waals surface area contributed by atoms with Crippen LogP contribution in [0.25, 0.3) is 0 Å². The quantitative estimate of drug-likeness (QED) is 0.699. The van der Waals surface area contributed by atoms with E-state index in [0.29, 0.717) is 11.1 Å². The summed E-state index contributed by atoms with van der Waals surface area (Å²) >= 11 is 2.00. The molecular weight excluding hydrogens is 170 g/mol. The standard InChI is InChI=1S/C8H13N3S/c9-8-5-6(10-11-8)7-3-1-2-4-12-7/h5,7H,1-4H2,(H3,9,10,11). The molecule has 66 valence electrons. The van der Waals surface area contributed by atoms with E-state index in [0.717, 1.165) is 0 Å². The van der Waals surface area contributed by atoms with Crippen LogP contribution in [-0.2, 0) is 0 Å². The second kappa shape index (κ2) is 3.39. The van der Waals surface area contributed by atoms with Gasteiger partial charge in [0.25, 0.3) is 0 Å². The highest BCUT2D eigenvalue weighted by Crippen LogP contribution is 2.37. The lowest BCUT2D eigenvalue weighted by atomic mass is 10.1. The average molecular weight is 183 g/mol. The molecule has 3 nitrogen and oxygen atoms in total. The number of H-pyrrole nitrogens is 1. The Bertz CT molecular complexity index is 253. The molecule has 1 aromatic heterocycles. The van der Waals surface area contributed by atoms with Crippen LogP contribution >= 0.6 is 11.8 Å². The minimum atomic E-state index is 0.601. The van der Waals surface area contributed by atoms with Crippen molar-refractivity contribution in [1.29, 1.82) is 0 Å². The molecule has 1 saturated heterocycles. The van der Waals surface area contributed by atoms with Crippen LogP contribution < -0.4 is 5.73 Å². The lowest BCUT2D eigenvalue weighted by molar-refractivity contribution is 0.674. The highest BCUT2D eigenvalue weighted by Gasteiger charge is 2.17. The topological polar surface area (TPSA) is 54.7 Å². The van der Waals surface area contributed by atoms with E-state index < -0.39 is 0 Å². The van der Waals surface area contributed by atoms with Crippen LogP contribution in [0, 0.1) is 0 Å². The van der Waals surface area contributed by atoms with Gasteiger partial charge in [0.2, 0.25) is 0 Å². The zero-order valence-corrected chi connectivity index (χ0v) is 7.73. The van der Waals surface area contributed by atoms with Gasteiger partial charge in [-0.1, -0.05) is 6.42 Å². The summed E-state index contributed by atoms with van der Waals surface area (Å²) in [7, 11) is 0. The van der Waals surface area contributed by atoms with Gasteiger partial charge in [-0.05, 0) is 18.6 Å². The minimum Gasteiger partial charge on any atom is -0.382 e. The van der Waals surface area contributed by atoms with E-state index in [1.54, 1.807) is 0 Å². The number of hydrogen-bond donors (Lipinski definition) is 2. The third-order valence-electron chi connectivity index (χ3n) is 2.14. The first-order chi connectivity index (χ1) is 5.86. The van der Waals surface area contributed by atoms with Crippen molar-refractivity contribution in [2.45, 2.75) is 24.5 Å². The number of nitrogens with two attached hydrogens (primary N) is 1. The summed E-state index contributed by atoms with van der Waals surface area (Å²) in [6, 6.07) is 1.95. The number of aromatic amines is 1. The second-order valence-corrected chi connectivity index (χ2v) is 4.41. The van der Waals surface area contributed by atoms with Gasteiger partial charge in [0, 0.05) is 11.3 Å². The molecule has 12 heavy (non-hydrogen) atoms. The number of nitrogens with one attached hydrogen (secondary N) is 1. The molecule has 0 spiro atoms. The van der Waals surface area contributed by atoms with E-state index in [1.807, 2.05) is 17.8 Å². The van der Waals surface area contributed by atoms with E-state index >= 15 is 0 Å². The maximum atomic E-state index is 5.53. The Kier molecular flexibility index (Phi) is 2.26. The summed E-state index contributed by atoms with van der Waals surface area (Å²) in [4.78, 5) is 0. The molecule has 2 heterocycles. The zero-order valence-electron chi connectivity index (χ0n) is 6.92. The van der Waals surface area contributed by atoms with Crippen molar-refractivity contribution in [2.24, 2.45) is 0 Å². The fraction of sp³-hybridized carbons (Fsp3) is 0.625. The molecule has 1 aromatic rings. The first-order valence-corrected chi connectivity index (χ1v) is 5.33. The molecule has 0 bridgehead atoms. The van der Waals surface area contributed by atoms with Gasteiger partial charge in [-0.25, -0.2) is 0 Å². The van der Waals surface area contributed by atoms with Crippen LogP contribution in [-0.4, -0.2) is 16.0 Å². The van der Waals surface area contributed by atoms with Crippen molar-refractivity contribution < 1.29 is 0 Å². The molecule has 2 rings (SSSR count). The summed E-state index contributed by atoms with van der Waals surface area (Å²) in [5, 5.41) is 7.51. The first-order valence-electron chi connectivity index (χ1n) is 4.28. The Balaban J connectivity index is 2.08. The third-order valence-corrected chi connectivity index (χ3v) is 3.56. The van der Waals surface area contributed by atoms with Gasteiger partial charge in [-0.3, -0.25) is 5.10 Å². The summed E-state index contributed by atoms with van der Waals surface area (Å²) in [6.45, 7) is 0. The highest BCUT2D eigenvalue weighted by molar-refractivity contribution is 7.99. The number of nitrogen functional groups attached to an aromatic ring is 1. The van der Waals surface area contributed by atoms with Crippen LogP contribution in [0.5, 0.6) is 0 Å². The van der Waals surface area contributed by atoms with Gasteiger partial charge in [0.15, 0.2) is 0 Å². The van der Waals surface area contributed by atoms with E-state index in [9.17, 15) is 0 Å². The van der Waals surface area contributed by atoms with Gasteiger partial charge in [-0.2, -0.15) is 16.9 Å². The Morgan fingerprint density at radius 1 is 1.58 bits per heavy atom. The van der Waals surface area contributed by atoms with E-state index in [1.165, 1.54) is 30.7 Å². The van der Waals surface area contributed by atoms with Gasteiger partial charge >= 0.3 is 0 Å². The Morgan fingerprint density at radius 3 is 3.08 bits per heavy atom. The van der Waals surface area contributed by atoms with Gasteiger partial charge in [0.05, 0.1) is 5.69 Å². The molecule has 0 aliphatic carbocycles. The number of hydrogen-bond acceptors (Lipinski definition) is 3. The molecule has 1 fully saturated rings. The fourth-order valence-corrected chi connectivity index (χ4v) is 2.79. The molecule has 3 N–H and O–H groups in total. The Morgan fingerprint density at radius 2 is 2.50 bits per heavy atom. The van der Waals surface area contributed by atoms with E-state index in [4.69, 9.17) is 5.73 Å². The van der Waals surface area contributed by atoms with E-state index in [2.05, 4.69) is 10.2 Å². The smallest absolute Gasteiger partial charge is 0.145 e. The van der Waals surface area contributed by atoms with Crippen LogP contribution in [0.2, 0.25) is 0 Å². The second-order valence-electron chi connectivity index (χ2n) is 3.10. The Labute approximate surface area is 76.1 Å². The van der Waals surface area contributed by atoms with Crippen molar-refractivity contribution >= 4 is 17.6 Å². The predicted molar refractivity (Wildman–Crippen MR) is 52.1 cm³/mol. The van der Waals surface area contributed by atoms with Gasteiger partial charge in [-0.15, -0.1) is 0 Å². The van der Waals surface area contributed by atoms with Crippen molar-refractivity contribution in [2.75, 3.05) is 11.5 Å². The minimum absolute atomic E-state index is 0.601. The molecule has 4 heteroatoms. The number of thioether (sulfide) groups is 1. The van der Waals surface area contributed by atoms with Crippen LogP contribution in [0.3, 0.4) is 0 Å². The van der Waals surface area contributed by atoms with E-state index in [-0.39, 0.29) is 0 Å². The summed E-state index contributed by atoms with van der Waals surface area (Å²) in [5.74, 6) is 1.88.